The van der Waals surface area contributed by atoms with Gasteiger partial charge in [-0.15, -0.1) is 0 Å². The summed E-state index contributed by atoms with van der Waals surface area (Å²) in [5, 5.41) is 10.2. The molecule has 0 unspecified atom stereocenters. The van der Waals surface area contributed by atoms with Crippen LogP contribution in [0.2, 0.25) is 0 Å². The van der Waals surface area contributed by atoms with E-state index in [0.29, 0.717) is 10.2 Å². The van der Waals surface area contributed by atoms with Crippen molar-refractivity contribution in [1.29, 1.82) is 0 Å². The van der Waals surface area contributed by atoms with Crippen LogP contribution in [0.25, 0.3) is 0 Å². The number of primary sulfonamides is 1. The number of nitrogens with two attached hydrogens (primary N) is 1. The number of carbonyl (C=O) groups excluding carboxylic acids is 1. The first-order valence-corrected chi connectivity index (χ1v) is 8.16. The fourth-order valence-electron chi connectivity index (χ4n) is 1.66. The molecule has 0 aromatic heterocycles. The Morgan fingerprint density at radius 2 is 1.48 bits per heavy atom. The van der Waals surface area contributed by atoms with Crippen molar-refractivity contribution in [2.24, 2.45) is 5.14 Å². The average molecular weight is 370 g/mol. The Balaban J connectivity index is 2.20. The molecule has 21 heavy (non-hydrogen) atoms. The van der Waals surface area contributed by atoms with Crippen molar-refractivity contribution in [1.82, 2.24) is 0 Å². The first-order chi connectivity index (χ1) is 9.88. The Hall–Kier alpha value is -1.90. The molecule has 110 valence electrons. The second-order valence-corrected chi connectivity index (χ2v) is 6.48. The van der Waals surface area contributed by atoms with Gasteiger partial charge in [0.15, 0.2) is 0 Å². The second-order valence-electron chi connectivity index (χ2n) is 4.10. The highest BCUT2D eigenvalue weighted by molar-refractivity contribution is 9.10. The summed E-state index contributed by atoms with van der Waals surface area (Å²) in [7, 11) is -3.91. The molecule has 8 heteroatoms. The van der Waals surface area contributed by atoms with Crippen LogP contribution in [0.3, 0.4) is 0 Å². The van der Waals surface area contributed by atoms with Crippen LogP contribution in [-0.4, -0.2) is 14.4 Å². The fourth-order valence-corrected chi connectivity index (χ4v) is 2.73. The predicted molar refractivity (Wildman–Crippen MR) is 84.6 cm³/mol. The lowest BCUT2D eigenvalue weighted by atomic mass is 10.3. The van der Waals surface area contributed by atoms with Gasteiger partial charge in [-0.25, -0.2) is 18.4 Å². The molecule has 0 atom stereocenters. The number of hydrogen-bond acceptors (Lipinski definition) is 3. The predicted octanol–water partition coefficient (Wildman–Crippen LogP) is 2.74. The maximum atomic E-state index is 11.9. The van der Waals surface area contributed by atoms with E-state index in [1.165, 1.54) is 18.2 Å². The lowest BCUT2D eigenvalue weighted by molar-refractivity contribution is 0.262. The highest BCUT2D eigenvalue weighted by atomic mass is 79.9. The van der Waals surface area contributed by atoms with Gasteiger partial charge in [-0.1, -0.05) is 24.3 Å². The van der Waals surface area contributed by atoms with Crippen LogP contribution in [0, 0.1) is 0 Å². The van der Waals surface area contributed by atoms with Gasteiger partial charge in [0.1, 0.15) is 4.90 Å². The van der Waals surface area contributed by atoms with E-state index < -0.39 is 16.1 Å². The van der Waals surface area contributed by atoms with E-state index >= 15 is 0 Å². The van der Waals surface area contributed by atoms with E-state index in [1.807, 2.05) is 6.07 Å². The minimum Gasteiger partial charge on any atom is -0.307 e. The molecule has 0 heterocycles. The van der Waals surface area contributed by atoms with E-state index in [0.717, 1.165) is 0 Å². The van der Waals surface area contributed by atoms with Crippen molar-refractivity contribution in [3.05, 3.63) is 53.0 Å². The van der Waals surface area contributed by atoms with Gasteiger partial charge in [-0.05, 0) is 40.2 Å². The number of hydrogen-bond donors (Lipinski definition) is 3. The maximum Gasteiger partial charge on any atom is 0.323 e. The summed E-state index contributed by atoms with van der Waals surface area (Å²) in [6.45, 7) is 0. The quantitative estimate of drug-likeness (QED) is 0.774. The van der Waals surface area contributed by atoms with Gasteiger partial charge in [0.2, 0.25) is 10.0 Å². The zero-order valence-electron chi connectivity index (χ0n) is 10.7. The first kappa shape index (κ1) is 15.5. The monoisotopic (exact) mass is 369 g/mol. The first-order valence-electron chi connectivity index (χ1n) is 5.82. The van der Waals surface area contributed by atoms with Crippen LogP contribution >= 0.6 is 15.9 Å². The Bertz CT molecular complexity index is 778. The number of carbonyl (C=O) groups is 1. The minimum absolute atomic E-state index is 0.115. The van der Waals surface area contributed by atoms with Crippen LogP contribution in [0.1, 0.15) is 0 Å². The molecule has 0 spiro atoms. The third-order valence-electron chi connectivity index (χ3n) is 2.56. The molecule has 0 aliphatic carbocycles. The third-order valence-corrected chi connectivity index (χ3v) is 4.22. The van der Waals surface area contributed by atoms with Crippen LogP contribution in [-0.2, 0) is 10.0 Å². The van der Waals surface area contributed by atoms with Crippen LogP contribution in [0.5, 0.6) is 0 Å². The summed E-state index contributed by atoms with van der Waals surface area (Å²) in [4.78, 5) is 11.8. The number of urea groups is 1. The minimum atomic E-state index is -3.91. The van der Waals surface area contributed by atoms with Gasteiger partial charge in [0, 0.05) is 4.47 Å². The van der Waals surface area contributed by atoms with Gasteiger partial charge in [0.05, 0.1) is 11.4 Å². The van der Waals surface area contributed by atoms with Crippen molar-refractivity contribution in [3.63, 3.8) is 0 Å². The number of anilines is 2. The number of rotatable bonds is 3. The lowest BCUT2D eigenvalue weighted by Crippen LogP contribution is -2.22. The van der Waals surface area contributed by atoms with E-state index in [2.05, 4.69) is 26.6 Å². The number of para-hydroxylation sites is 2. The van der Waals surface area contributed by atoms with Crippen LogP contribution in [0.15, 0.2) is 57.9 Å². The van der Waals surface area contributed by atoms with E-state index in [9.17, 15) is 13.2 Å². The zero-order valence-corrected chi connectivity index (χ0v) is 13.1. The molecule has 2 amide bonds. The highest BCUT2D eigenvalue weighted by Crippen LogP contribution is 2.23. The summed E-state index contributed by atoms with van der Waals surface area (Å²) in [6.07, 6.45) is 0. The molecule has 0 fully saturated rings. The number of halogens is 1. The molecular weight excluding hydrogens is 358 g/mol. The van der Waals surface area contributed by atoms with E-state index in [4.69, 9.17) is 5.14 Å². The number of sulfonamides is 1. The second kappa shape index (κ2) is 6.25. The summed E-state index contributed by atoms with van der Waals surface area (Å²) in [5.41, 5.74) is 0.674. The Morgan fingerprint density at radius 3 is 2.10 bits per heavy atom. The van der Waals surface area contributed by atoms with Crippen molar-refractivity contribution < 1.29 is 13.2 Å². The molecular formula is C13H12BrN3O3S. The van der Waals surface area contributed by atoms with E-state index in [-0.39, 0.29) is 10.6 Å². The Morgan fingerprint density at radius 1 is 0.952 bits per heavy atom. The number of benzene rings is 2. The molecule has 2 aromatic rings. The van der Waals surface area contributed by atoms with Crippen molar-refractivity contribution in [3.8, 4) is 0 Å². The molecule has 0 aliphatic rings. The van der Waals surface area contributed by atoms with Gasteiger partial charge in [-0.2, -0.15) is 0 Å². The van der Waals surface area contributed by atoms with Crippen molar-refractivity contribution in [2.75, 3.05) is 10.6 Å². The molecule has 2 rings (SSSR count). The summed E-state index contributed by atoms with van der Waals surface area (Å²) in [6, 6.07) is 12.4. The lowest BCUT2D eigenvalue weighted by Gasteiger charge is -2.11. The normalized spacial score (nSPS) is 11.0. The fraction of sp³-hybridized carbons (Fsp3) is 0. The molecule has 4 N–H and O–H groups in total. The molecule has 0 aliphatic heterocycles. The molecule has 0 saturated heterocycles. The molecule has 6 nitrogen and oxygen atoms in total. The van der Waals surface area contributed by atoms with E-state index in [1.54, 1.807) is 24.3 Å². The van der Waals surface area contributed by atoms with Crippen molar-refractivity contribution >= 4 is 43.4 Å². The summed E-state index contributed by atoms with van der Waals surface area (Å²) < 4.78 is 23.6. The molecule has 0 radical (unpaired) electrons. The Kier molecular flexibility index (Phi) is 4.61. The Labute approximate surface area is 130 Å². The number of nitrogens with one attached hydrogen (secondary N) is 2. The van der Waals surface area contributed by atoms with Crippen LogP contribution < -0.4 is 15.8 Å². The topological polar surface area (TPSA) is 101 Å². The summed E-state index contributed by atoms with van der Waals surface area (Å²) in [5.74, 6) is 0. The highest BCUT2D eigenvalue weighted by Gasteiger charge is 2.15. The van der Waals surface area contributed by atoms with Gasteiger partial charge >= 0.3 is 6.03 Å². The number of amides is 2. The average Bonchev–Trinajstić information content (AvgIpc) is 2.41. The standard InChI is InChI=1S/C13H12BrN3O3S/c14-9-5-1-2-6-10(9)16-13(18)17-11-7-3-4-8-12(11)21(15,19)20/h1-8H,(H2,15,19,20)(H2,16,17,18). The summed E-state index contributed by atoms with van der Waals surface area (Å²) >= 11 is 3.30. The molecule has 2 aromatic carbocycles. The maximum absolute atomic E-state index is 11.9. The zero-order chi connectivity index (χ0) is 15.5. The van der Waals surface area contributed by atoms with Gasteiger partial charge in [-0.3, -0.25) is 0 Å². The molecule has 0 saturated carbocycles. The third kappa shape index (κ3) is 4.03. The van der Waals surface area contributed by atoms with Crippen LogP contribution in [0.4, 0.5) is 16.2 Å². The SMILES string of the molecule is NS(=O)(=O)c1ccccc1NC(=O)Nc1ccccc1Br. The van der Waals surface area contributed by atoms with Gasteiger partial charge < -0.3 is 10.6 Å². The van der Waals surface area contributed by atoms with Crippen molar-refractivity contribution in [2.45, 2.75) is 4.90 Å². The molecule has 0 bridgehead atoms. The smallest absolute Gasteiger partial charge is 0.307 e. The largest absolute Gasteiger partial charge is 0.323 e. The van der Waals surface area contributed by atoms with Gasteiger partial charge in [0.25, 0.3) is 0 Å².